The van der Waals surface area contributed by atoms with Gasteiger partial charge in [-0.1, -0.05) is 12.1 Å². The van der Waals surface area contributed by atoms with Crippen LogP contribution >= 0.6 is 27.3 Å². The molecule has 1 aromatic carbocycles. The van der Waals surface area contributed by atoms with Crippen LogP contribution < -0.4 is 5.32 Å². The van der Waals surface area contributed by atoms with Crippen LogP contribution in [0.5, 0.6) is 0 Å². The van der Waals surface area contributed by atoms with Crippen molar-refractivity contribution < 1.29 is 9.21 Å². The first-order valence-corrected chi connectivity index (χ1v) is 7.44. The van der Waals surface area contributed by atoms with Gasteiger partial charge in [0.1, 0.15) is 4.88 Å². The molecule has 0 saturated carbocycles. The fourth-order valence-corrected chi connectivity index (χ4v) is 3.20. The summed E-state index contributed by atoms with van der Waals surface area (Å²) in [6, 6.07) is 9.29. The van der Waals surface area contributed by atoms with E-state index in [0.717, 1.165) is 10.0 Å². The zero-order valence-electron chi connectivity index (χ0n) is 10.2. The average molecular weight is 349 g/mol. The number of hydrogen-bond donors (Lipinski definition) is 1. The van der Waals surface area contributed by atoms with Crippen LogP contribution in [0.4, 0.5) is 5.69 Å². The predicted molar refractivity (Wildman–Crippen MR) is 81.9 cm³/mol. The first-order chi connectivity index (χ1) is 9.74. The van der Waals surface area contributed by atoms with E-state index in [1.807, 2.05) is 35.7 Å². The number of oxazole rings is 1. The van der Waals surface area contributed by atoms with Gasteiger partial charge in [0.15, 0.2) is 12.2 Å². The number of halogens is 1. The van der Waals surface area contributed by atoms with E-state index in [9.17, 15) is 4.79 Å². The molecule has 0 aliphatic heterocycles. The summed E-state index contributed by atoms with van der Waals surface area (Å²) < 4.78 is 6.04. The SMILES string of the molecule is O=C(Nc1cccc(-c2cnco2)c1)c1sccc1Br. The van der Waals surface area contributed by atoms with E-state index >= 15 is 0 Å². The predicted octanol–water partition coefficient (Wildman–Crippen LogP) is 4.42. The van der Waals surface area contributed by atoms with Gasteiger partial charge in [0.2, 0.25) is 0 Å². The van der Waals surface area contributed by atoms with Crippen molar-refractivity contribution in [2.75, 3.05) is 5.32 Å². The minimum Gasteiger partial charge on any atom is -0.444 e. The number of carbonyl (C=O) groups excluding carboxylic acids is 1. The van der Waals surface area contributed by atoms with Crippen LogP contribution in [-0.4, -0.2) is 10.9 Å². The molecule has 2 aromatic heterocycles. The molecule has 20 heavy (non-hydrogen) atoms. The number of amides is 1. The van der Waals surface area contributed by atoms with E-state index in [1.165, 1.54) is 17.7 Å². The second-order valence-electron chi connectivity index (χ2n) is 4.00. The fourth-order valence-electron chi connectivity index (χ4n) is 1.75. The van der Waals surface area contributed by atoms with Gasteiger partial charge in [-0.2, -0.15) is 0 Å². The van der Waals surface area contributed by atoms with Crippen molar-refractivity contribution in [2.45, 2.75) is 0 Å². The molecule has 0 aliphatic carbocycles. The van der Waals surface area contributed by atoms with Gasteiger partial charge in [0, 0.05) is 15.7 Å². The van der Waals surface area contributed by atoms with Gasteiger partial charge in [-0.3, -0.25) is 4.79 Å². The molecule has 100 valence electrons. The molecule has 1 N–H and O–H groups in total. The Hall–Kier alpha value is -1.92. The number of aromatic nitrogens is 1. The van der Waals surface area contributed by atoms with Crippen LogP contribution in [0.15, 0.2) is 57.2 Å². The minimum absolute atomic E-state index is 0.137. The molecular weight excluding hydrogens is 340 g/mol. The molecule has 0 bridgehead atoms. The van der Waals surface area contributed by atoms with E-state index in [-0.39, 0.29) is 5.91 Å². The van der Waals surface area contributed by atoms with Gasteiger partial charge < -0.3 is 9.73 Å². The zero-order valence-corrected chi connectivity index (χ0v) is 12.6. The van der Waals surface area contributed by atoms with Gasteiger partial charge in [-0.05, 0) is 39.5 Å². The van der Waals surface area contributed by atoms with E-state index in [1.54, 1.807) is 6.20 Å². The number of anilines is 1. The summed E-state index contributed by atoms with van der Waals surface area (Å²) in [7, 11) is 0. The third-order valence-electron chi connectivity index (χ3n) is 2.66. The van der Waals surface area contributed by atoms with Crippen LogP contribution in [0, 0.1) is 0 Å². The first kappa shape index (κ1) is 13.1. The molecule has 0 aliphatic rings. The molecule has 0 unspecified atom stereocenters. The topological polar surface area (TPSA) is 55.1 Å². The number of rotatable bonds is 3. The lowest BCUT2D eigenvalue weighted by molar-refractivity contribution is 0.103. The van der Waals surface area contributed by atoms with Gasteiger partial charge in [0.05, 0.1) is 6.20 Å². The number of benzene rings is 1. The minimum atomic E-state index is -0.137. The summed E-state index contributed by atoms with van der Waals surface area (Å²) in [6.07, 6.45) is 3.01. The lowest BCUT2D eigenvalue weighted by Gasteiger charge is -2.05. The summed E-state index contributed by atoms with van der Waals surface area (Å²) >= 11 is 4.74. The fraction of sp³-hybridized carbons (Fsp3) is 0. The van der Waals surface area contributed by atoms with E-state index in [4.69, 9.17) is 4.42 Å². The highest BCUT2D eigenvalue weighted by Gasteiger charge is 2.12. The van der Waals surface area contributed by atoms with Gasteiger partial charge >= 0.3 is 0 Å². The third-order valence-corrected chi connectivity index (χ3v) is 4.50. The van der Waals surface area contributed by atoms with Crippen molar-refractivity contribution in [3.8, 4) is 11.3 Å². The smallest absolute Gasteiger partial charge is 0.266 e. The molecule has 0 radical (unpaired) electrons. The normalized spacial score (nSPS) is 10.4. The van der Waals surface area contributed by atoms with Crippen LogP contribution in [0.2, 0.25) is 0 Å². The Morgan fingerprint density at radius 2 is 2.25 bits per heavy atom. The van der Waals surface area contributed by atoms with Crippen LogP contribution in [0.3, 0.4) is 0 Å². The maximum atomic E-state index is 12.1. The van der Waals surface area contributed by atoms with Crippen molar-refractivity contribution in [2.24, 2.45) is 0 Å². The molecule has 2 heterocycles. The molecular formula is C14H9BrN2O2S. The van der Waals surface area contributed by atoms with Crippen molar-refractivity contribution in [1.82, 2.24) is 4.98 Å². The molecule has 0 spiro atoms. The molecule has 3 rings (SSSR count). The third kappa shape index (κ3) is 2.66. The number of thiophene rings is 1. The van der Waals surface area contributed by atoms with Crippen LogP contribution in [0.25, 0.3) is 11.3 Å². The molecule has 0 fully saturated rings. The van der Waals surface area contributed by atoms with E-state index in [0.29, 0.717) is 16.3 Å². The Morgan fingerprint density at radius 3 is 2.95 bits per heavy atom. The Morgan fingerprint density at radius 1 is 1.35 bits per heavy atom. The lowest BCUT2D eigenvalue weighted by Crippen LogP contribution is -2.10. The second kappa shape index (κ2) is 5.60. The summed E-state index contributed by atoms with van der Waals surface area (Å²) in [5.41, 5.74) is 1.58. The van der Waals surface area contributed by atoms with E-state index in [2.05, 4.69) is 26.2 Å². The highest BCUT2D eigenvalue weighted by Crippen LogP contribution is 2.25. The van der Waals surface area contributed by atoms with Crippen LogP contribution in [-0.2, 0) is 0 Å². The molecule has 3 aromatic rings. The molecule has 6 heteroatoms. The maximum Gasteiger partial charge on any atom is 0.266 e. The van der Waals surface area contributed by atoms with Crippen molar-refractivity contribution >= 4 is 38.9 Å². The Labute approximate surface area is 127 Å². The summed E-state index contributed by atoms with van der Waals surface area (Å²) in [5.74, 6) is 0.528. The van der Waals surface area contributed by atoms with E-state index < -0.39 is 0 Å². The van der Waals surface area contributed by atoms with Gasteiger partial charge in [-0.25, -0.2) is 4.98 Å². The lowest BCUT2D eigenvalue weighted by atomic mass is 10.1. The van der Waals surface area contributed by atoms with Crippen molar-refractivity contribution in [3.63, 3.8) is 0 Å². The van der Waals surface area contributed by atoms with Crippen molar-refractivity contribution in [3.05, 3.63) is 57.7 Å². The molecule has 1 amide bonds. The molecule has 0 atom stereocenters. The Kier molecular flexibility index (Phi) is 3.66. The zero-order chi connectivity index (χ0) is 13.9. The maximum absolute atomic E-state index is 12.1. The first-order valence-electron chi connectivity index (χ1n) is 5.77. The second-order valence-corrected chi connectivity index (χ2v) is 5.77. The quantitative estimate of drug-likeness (QED) is 0.762. The number of hydrogen-bond acceptors (Lipinski definition) is 4. The van der Waals surface area contributed by atoms with Gasteiger partial charge in [-0.15, -0.1) is 11.3 Å². The number of carbonyl (C=O) groups is 1. The Balaban J connectivity index is 1.83. The number of nitrogens with one attached hydrogen (secondary N) is 1. The summed E-state index contributed by atoms with van der Waals surface area (Å²) in [6.45, 7) is 0. The highest BCUT2D eigenvalue weighted by atomic mass is 79.9. The van der Waals surface area contributed by atoms with Crippen LogP contribution in [0.1, 0.15) is 9.67 Å². The average Bonchev–Trinajstić information content (AvgIpc) is 3.09. The molecule has 4 nitrogen and oxygen atoms in total. The summed E-state index contributed by atoms with van der Waals surface area (Å²) in [4.78, 5) is 16.7. The standard InChI is InChI=1S/C14H9BrN2O2S/c15-11-4-5-20-13(11)14(18)17-10-3-1-2-9(6-10)12-7-16-8-19-12/h1-8H,(H,17,18). The largest absolute Gasteiger partial charge is 0.444 e. The Bertz CT molecular complexity index is 737. The van der Waals surface area contributed by atoms with Crippen molar-refractivity contribution in [1.29, 1.82) is 0 Å². The van der Waals surface area contributed by atoms with Gasteiger partial charge in [0.25, 0.3) is 5.91 Å². The highest BCUT2D eigenvalue weighted by molar-refractivity contribution is 9.10. The number of nitrogens with zero attached hydrogens (tertiary/aromatic N) is 1. The molecule has 0 saturated heterocycles. The summed E-state index contributed by atoms with van der Waals surface area (Å²) in [5, 5.41) is 4.73. The monoisotopic (exact) mass is 348 g/mol.